The van der Waals surface area contributed by atoms with Crippen molar-refractivity contribution >= 4 is 46.2 Å². The summed E-state index contributed by atoms with van der Waals surface area (Å²) in [5.74, 6) is 0.496. The van der Waals surface area contributed by atoms with Crippen LogP contribution in [0.4, 0.5) is 4.79 Å². The summed E-state index contributed by atoms with van der Waals surface area (Å²) in [6, 6.07) is 7.58. The first-order valence-electron chi connectivity index (χ1n) is 7.69. The van der Waals surface area contributed by atoms with E-state index in [0.29, 0.717) is 18.0 Å². The summed E-state index contributed by atoms with van der Waals surface area (Å²) in [6.07, 6.45) is 4.69. The van der Waals surface area contributed by atoms with Gasteiger partial charge in [-0.15, -0.1) is 0 Å². The molecule has 0 atom stereocenters. The van der Waals surface area contributed by atoms with Crippen molar-refractivity contribution in [3.05, 3.63) is 34.7 Å². The zero-order chi connectivity index (χ0) is 17.5. The molecule has 2 rings (SSSR count). The second-order valence-electron chi connectivity index (χ2n) is 5.38. The smallest absolute Gasteiger partial charge is 0.291 e. The van der Waals surface area contributed by atoms with E-state index in [1.165, 1.54) is 0 Å². The highest BCUT2D eigenvalue weighted by molar-refractivity contribution is 8.19. The van der Waals surface area contributed by atoms with Crippen LogP contribution in [0.2, 0.25) is 0 Å². The van der Waals surface area contributed by atoms with Crippen LogP contribution in [0, 0.1) is 0 Å². The molecule has 5 nitrogen and oxygen atoms in total. The van der Waals surface area contributed by atoms with E-state index in [1.54, 1.807) is 12.0 Å². The molecule has 128 valence electrons. The minimum Gasteiger partial charge on any atom is -0.497 e. The van der Waals surface area contributed by atoms with Gasteiger partial charge in [0.05, 0.1) is 12.0 Å². The number of hydrogen-bond acceptors (Lipinski definition) is 5. The summed E-state index contributed by atoms with van der Waals surface area (Å²) in [6.45, 7) is 0.573. The standard InChI is InChI=1S/C17H20N2O3S2/c1-22-13-8-6-12(7-9-13)11-14-16(23)19(17(21)24-14)10-4-2-3-5-15(18)20/h6-9,11H,2-5,10H2,1H3,(H2,18,20)/b14-11+. The summed E-state index contributed by atoms with van der Waals surface area (Å²) in [7, 11) is 1.62. The molecule has 0 aliphatic carbocycles. The molecule has 1 saturated heterocycles. The van der Waals surface area contributed by atoms with Gasteiger partial charge < -0.3 is 10.5 Å². The molecule has 1 aromatic rings. The zero-order valence-electron chi connectivity index (χ0n) is 13.5. The van der Waals surface area contributed by atoms with E-state index < -0.39 is 0 Å². The lowest BCUT2D eigenvalue weighted by atomic mass is 10.2. The minimum absolute atomic E-state index is 0.0466. The summed E-state index contributed by atoms with van der Waals surface area (Å²) in [5.41, 5.74) is 6.08. The average molecular weight is 364 g/mol. The summed E-state index contributed by atoms with van der Waals surface area (Å²) in [5, 5.41) is -0.0466. The van der Waals surface area contributed by atoms with E-state index in [-0.39, 0.29) is 11.1 Å². The Bertz CT molecular complexity index is 656. The lowest BCUT2D eigenvalue weighted by molar-refractivity contribution is -0.118. The van der Waals surface area contributed by atoms with Crippen LogP contribution in [0.15, 0.2) is 29.2 Å². The third-order valence-electron chi connectivity index (χ3n) is 3.59. The van der Waals surface area contributed by atoms with Crippen LogP contribution in [0.1, 0.15) is 31.2 Å². The molecule has 2 amide bonds. The number of rotatable bonds is 8. The number of thioether (sulfide) groups is 1. The van der Waals surface area contributed by atoms with Crippen LogP contribution < -0.4 is 10.5 Å². The Labute approximate surface area is 151 Å². The maximum absolute atomic E-state index is 12.1. The number of benzene rings is 1. The number of hydrogen-bond donors (Lipinski definition) is 1. The normalized spacial score (nSPS) is 16.0. The van der Waals surface area contributed by atoms with Crippen molar-refractivity contribution in [3.63, 3.8) is 0 Å². The topological polar surface area (TPSA) is 72.6 Å². The Balaban J connectivity index is 1.92. The highest BCUT2D eigenvalue weighted by Crippen LogP contribution is 2.33. The van der Waals surface area contributed by atoms with Gasteiger partial charge in [-0.3, -0.25) is 14.5 Å². The van der Waals surface area contributed by atoms with Gasteiger partial charge in [-0.05, 0) is 48.4 Å². The maximum Gasteiger partial charge on any atom is 0.291 e. The molecule has 0 saturated carbocycles. The second-order valence-corrected chi connectivity index (χ2v) is 6.76. The largest absolute Gasteiger partial charge is 0.497 e. The number of ether oxygens (including phenoxy) is 1. The highest BCUT2D eigenvalue weighted by Gasteiger charge is 2.30. The van der Waals surface area contributed by atoms with Crippen LogP contribution in [-0.2, 0) is 4.79 Å². The van der Waals surface area contributed by atoms with Gasteiger partial charge in [-0.1, -0.05) is 30.8 Å². The third-order valence-corrected chi connectivity index (χ3v) is 5.09. The number of unbranched alkanes of at least 4 members (excludes halogenated alkanes) is 2. The van der Waals surface area contributed by atoms with Gasteiger partial charge in [0, 0.05) is 13.0 Å². The van der Waals surface area contributed by atoms with E-state index in [1.807, 2.05) is 30.3 Å². The van der Waals surface area contributed by atoms with Crippen LogP contribution in [0.25, 0.3) is 6.08 Å². The van der Waals surface area contributed by atoms with Crippen LogP contribution in [-0.4, -0.2) is 34.7 Å². The van der Waals surface area contributed by atoms with Gasteiger partial charge >= 0.3 is 0 Å². The zero-order valence-corrected chi connectivity index (χ0v) is 15.1. The number of carbonyl (C=O) groups is 2. The molecule has 0 bridgehead atoms. The van der Waals surface area contributed by atoms with Gasteiger partial charge in [0.15, 0.2) is 0 Å². The van der Waals surface area contributed by atoms with Crippen LogP contribution in [0.5, 0.6) is 5.75 Å². The quantitative estimate of drug-likeness (QED) is 0.434. The number of nitrogens with zero attached hydrogens (tertiary/aromatic N) is 1. The van der Waals surface area contributed by atoms with Gasteiger partial charge in [0.25, 0.3) is 5.24 Å². The third kappa shape index (κ3) is 5.07. The van der Waals surface area contributed by atoms with Crippen molar-refractivity contribution < 1.29 is 14.3 Å². The summed E-state index contributed by atoms with van der Waals surface area (Å²) in [4.78, 5) is 25.8. The van der Waals surface area contributed by atoms with Crippen LogP contribution in [0.3, 0.4) is 0 Å². The molecule has 0 aromatic heterocycles. The maximum atomic E-state index is 12.1. The van der Waals surface area contributed by atoms with E-state index in [9.17, 15) is 9.59 Å². The van der Waals surface area contributed by atoms with Crippen molar-refractivity contribution in [1.82, 2.24) is 4.90 Å². The number of carbonyl (C=O) groups excluding carboxylic acids is 2. The van der Waals surface area contributed by atoms with E-state index >= 15 is 0 Å². The Morgan fingerprint density at radius 2 is 2.00 bits per heavy atom. The molecular formula is C17H20N2O3S2. The molecular weight excluding hydrogens is 344 g/mol. The molecule has 1 heterocycles. The van der Waals surface area contributed by atoms with Crippen molar-refractivity contribution in [3.8, 4) is 5.75 Å². The molecule has 1 aliphatic rings. The number of thiocarbonyl (C=S) groups is 1. The lowest BCUT2D eigenvalue weighted by Gasteiger charge is -2.14. The van der Waals surface area contributed by atoms with E-state index in [0.717, 1.165) is 47.2 Å². The second kappa shape index (κ2) is 8.84. The Morgan fingerprint density at radius 1 is 1.29 bits per heavy atom. The average Bonchev–Trinajstić information content (AvgIpc) is 2.82. The number of nitrogens with two attached hydrogens (primary N) is 1. The van der Waals surface area contributed by atoms with Gasteiger partial charge in [0.1, 0.15) is 10.7 Å². The van der Waals surface area contributed by atoms with Gasteiger partial charge in [-0.2, -0.15) is 0 Å². The molecule has 1 aliphatic heterocycles. The predicted molar refractivity (Wildman–Crippen MR) is 101 cm³/mol. The fourth-order valence-electron chi connectivity index (χ4n) is 2.29. The molecule has 1 fully saturated rings. The Morgan fingerprint density at radius 3 is 2.62 bits per heavy atom. The SMILES string of the molecule is COc1ccc(/C=C2/SC(=O)N(CCCCCC(N)=O)C2=S)cc1. The van der Waals surface area contributed by atoms with E-state index in [4.69, 9.17) is 22.7 Å². The molecule has 2 N–H and O–H groups in total. The first-order valence-corrected chi connectivity index (χ1v) is 8.91. The molecule has 0 spiro atoms. The van der Waals surface area contributed by atoms with Gasteiger partial charge in [-0.25, -0.2) is 0 Å². The van der Waals surface area contributed by atoms with Crippen molar-refractivity contribution in [2.45, 2.75) is 25.7 Å². The number of primary amides is 1. The van der Waals surface area contributed by atoms with Crippen molar-refractivity contribution in [2.24, 2.45) is 5.73 Å². The molecule has 24 heavy (non-hydrogen) atoms. The monoisotopic (exact) mass is 364 g/mol. The Hall–Kier alpha value is -1.86. The van der Waals surface area contributed by atoms with Crippen molar-refractivity contribution in [1.29, 1.82) is 0 Å². The first-order chi connectivity index (χ1) is 11.5. The Kier molecular flexibility index (Phi) is 6.81. The fourth-order valence-corrected chi connectivity index (χ4v) is 3.58. The van der Waals surface area contributed by atoms with Gasteiger partial charge in [0.2, 0.25) is 5.91 Å². The lowest BCUT2D eigenvalue weighted by Crippen LogP contribution is -2.28. The van der Waals surface area contributed by atoms with Crippen molar-refractivity contribution in [2.75, 3.05) is 13.7 Å². The minimum atomic E-state index is -0.289. The highest BCUT2D eigenvalue weighted by atomic mass is 32.2. The number of methoxy groups -OCH3 is 1. The van der Waals surface area contributed by atoms with Crippen LogP contribution >= 0.6 is 24.0 Å². The molecule has 0 unspecified atom stereocenters. The van der Waals surface area contributed by atoms with E-state index in [2.05, 4.69) is 0 Å². The molecule has 7 heteroatoms. The number of amides is 2. The summed E-state index contributed by atoms with van der Waals surface area (Å²) >= 11 is 6.58. The predicted octanol–water partition coefficient (Wildman–Crippen LogP) is 3.58. The first kappa shape index (κ1) is 18.5. The molecule has 0 radical (unpaired) electrons. The molecule has 1 aromatic carbocycles. The fraction of sp³-hybridized carbons (Fsp3) is 0.353. The summed E-state index contributed by atoms with van der Waals surface area (Å²) < 4.78 is 5.13.